The molecule has 0 aliphatic carbocycles. The molecule has 0 unspecified atom stereocenters. The molecule has 134 valence electrons. The van der Waals surface area contributed by atoms with Gasteiger partial charge in [0.2, 0.25) is 11.8 Å². The summed E-state index contributed by atoms with van der Waals surface area (Å²) >= 11 is 0. The summed E-state index contributed by atoms with van der Waals surface area (Å²) in [5.41, 5.74) is 2.22. The van der Waals surface area contributed by atoms with Crippen LogP contribution in [0.2, 0.25) is 0 Å². The molecular formula is C22H24N2O2. The Bertz CT molecular complexity index is 790. The van der Waals surface area contributed by atoms with Crippen LogP contribution >= 0.6 is 0 Å². The summed E-state index contributed by atoms with van der Waals surface area (Å²) in [6.45, 7) is 2.18. The van der Waals surface area contributed by atoms with Gasteiger partial charge in [0.25, 0.3) is 0 Å². The first-order valence-corrected chi connectivity index (χ1v) is 9.34. The van der Waals surface area contributed by atoms with E-state index in [9.17, 15) is 9.59 Å². The van der Waals surface area contributed by atoms with Crippen LogP contribution in [0.5, 0.6) is 0 Å². The van der Waals surface area contributed by atoms with E-state index in [2.05, 4.69) is 24.4 Å². The van der Waals surface area contributed by atoms with Crippen LogP contribution in [0.15, 0.2) is 60.7 Å². The van der Waals surface area contributed by atoms with Gasteiger partial charge in [-0.2, -0.15) is 0 Å². The van der Waals surface area contributed by atoms with Crippen molar-refractivity contribution in [2.75, 3.05) is 0 Å². The Balaban J connectivity index is 1.66. The molecule has 2 amide bonds. The van der Waals surface area contributed by atoms with E-state index in [1.807, 2.05) is 53.4 Å². The van der Waals surface area contributed by atoms with E-state index in [-0.39, 0.29) is 23.9 Å². The number of hydrogen-bond donors (Lipinski definition) is 1. The van der Waals surface area contributed by atoms with Crippen LogP contribution in [0.4, 0.5) is 0 Å². The third-order valence-corrected chi connectivity index (χ3v) is 5.61. The third-order valence-electron chi connectivity index (χ3n) is 5.61. The number of rotatable bonds is 3. The van der Waals surface area contributed by atoms with E-state index in [4.69, 9.17) is 0 Å². The van der Waals surface area contributed by atoms with Gasteiger partial charge in [-0.1, -0.05) is 67.6 Å². The second-order valence-corrected chi connectivity index (χ2v) is 7.48. The summed E-state index contributed by atoms with van der Waals surface area (Å²) < 4.78 is 0. The minimum atomic E-state index is -0.494. The molecule has 2 aliphatic heterocycles. The molecule has 0 radical (unpaired) electrons. The molecule has 4 nitrogen and oxygen atoms in total. The summed E-state index contributed by atoms with van der Waals surface area (Å²) in [4.78, 5) is 27.8. The molecule has 2 fully saturated rings. The van der Waals surface area contributed by atoms with E-state index < -0.39 is 6.04 Å². The van der Waals surface area contributed by atoms with Crippen LogP contribution in [0, 0.1) is 5.92 Å². The van der Waals surface area contributed by atoms with Gasteiger partial charge in [0, 0.05) is 18.9 Å². The number of hydrogen-bond acceptors (Lipinski definition) is 2. The first kappa shape index (κ1) is 16.8. The van der Waals surface area contributed by atoms with Gasteiger partial charge in [0.15, 0.2) is 0 Å². The molecule has 2 heterocycles. The molecule has 0 saturated carbocycles. The highest BCUT2D eigenvalue weighted by Crippen LogP contribution is 2.43. The minimum Gasteiger partial charge on any atom is -0.344 e. The average Bonchev–Trinajstić information content (AvgIpc) is 2.92. The van der Waals surface area contributed by atoms with Crippen molar-refractivity contribution in [1.82, 2.24) is 10.2 Å². The fourth-order valence-corrected chi connectivity index (χ4v) is 4.51. The quantitative estimate of drug-likeness (QED) is 0.927. The van der Waals surface area contributed by atoms with E-state index in [0.717, 1.165) is 17.5 Å². The summed E-state index contributed by atoms with van der Waals surface area (Å²) in [5.74, 6) is 0.366. The van der Waals surface area contributed by atoms with Crippen LogP contribution in [0.25, 0.3) is 0 Å². The molecule has 2 saturated heterocycles. The van der Waals surface area contributed by atoms with Crippen molar-refractivity contribution >= 4 is 11.8 Å². The summed E-state index contributed by atoms with van der Waals surface area (Å²) in [7, 11) is 0. The highest BCUT2D eigenvalue weighted by atomic mass is 16.2. The van der Waals surface area contributed by atoms with Crippen molar-refractivity contribution in [3.63, 3.8) is 0 Å². The van der Waals surface area contributed by atoms with E-state index >= 15 is 0 Å². The Kier molecular flexibility index (Phi) is 4.49. The van der Waals surface area contributed by atoms with Crippen LogP contribution in [0.1, 0.15) is 36.9 Å². The number of carbonyl (C=O) groups excluding carboxylic acids is 2. The van der Waals surface area contributed by atoms with Crippen LogP contribution in [-0.4, -0.2) is 28.8 Å². The van der Waals surface area contributed by atoms with Crippen molar-refractivity contribution in [2.24, 2.45) is 5.92 Å². The smallest absolute Gasteiger partial charge is 0.246 e. The lowest BCUT2D eigenvalue weighted by molar-refractivity contribution is -0.136. The van der Waals surface area contributed by atoms with Gasteiger partial charge in [0.1, 0.15) is 6.04 Å². The fourth-order valence-electron chi connectivity index (χ4n) is 4.51. The van der Waals surface area contributed by atoms with Gasteiger partial charge in [-0.3, -0.25) is 9.59 Å². The van der Waals surface area contributed by atoms with Gasteiger partial charge in [-0.15, -0.1) is 0 Å². The maximum Gasteiger partial charge on any atom is 0.246 e. The zero-order valence-electron chi connectivity index (χ0n) is 15.0. The maximum atomic E-state index is 13.4. The van der Waals surface area contributed by atoms with E-state index in [0.29, 0.717) is 18.8 Å². The molecule has 4 heteroatoms. The number of nitrogens with one attached hydrogen (secondary N) is 1. The highest BCUT2D eigenvalue weighted by Gasteiger charge is 2.47. The average molecular weight is 348 g/mol. The van der Waals surface area contributed by atoms with Gasteiger partial charge in [0.05, 0.1) is 6.04 Å². The lowest BCUT2D eigenvalue weighted by Crippen LogP contribution is -2.47. The molecule has 0 aromatic heterocycles. The molecule has 0 bridgehead atoms. The number of amides is 2. The standard InChI is InChI=1S/C22H24N2O2/c1-15-12-18-14-20(25)23-19(13-16-8-4-2-5-9-16)22(26)24(18)21(15)17-10-6-3-7-11-17/h2-11,15,18-19,21H,12-14H2,1H3,(H,23,25)/t15-,18-,19-,21+/m0/s1. The Morgan fingerprint density at radius 2 is 1.65 bits per heavy atom. The minimum absolute atomic E-state index is 0.0107. The first-order valence-electron chi connectivity index (χ1n) is 9.34. The Labute approximate surface area is 154 Å². The molecule has 2 aromatic rings. The Morgan fingerprint density at radius 3 is 2.35 bits per heavy atom. The van der Waals surface area contributed by atoms with Crippen molar-refractivity contribution in [3.05, 3.63) is 71.8 Å². The zero-order valence-corrected chi connectivity index (χ0v) is 15.0. The Morgan fingerprint density at radius 1 is 1.00 bits per heavy atom. The highest BCUT2D eigenvalue weighted by molar-refractivity contribution is 5.91. The van der Waals surface area contributed by atoms with Crippen molar-refractivity contribution in [2.45, 2.75) is 44.3 Å². The fraction of sp³-hybridized carbons (Fsp3) is 0.364. The maximum absolute atomic E-state index is 13.4. The summed E-state index contributed by atoms with van der Waals surface area (Å²) in [6.07, 6.45) is 1.80. The molecule has 4 rings (SSSR count). The van der Waals surface area contributed by atoms with Crippen LogP contribution in [0.3, 0.4) is 0 Å². The lowest BCUT2D eigenvalue weighted by Gasteiger charge is -2.32. The lowest BCUT2D eigenvalue weighted by atomic mass is 9.94. The third kappa shape index (κ3) is 3.12. The monoisotopic (exact) mass is 348 g/mol. The normalized spacial score (nSPS) is 28.4. The SMILES string of the molecule is C[C@H]1C[C@H]2CC(=O)N[C@@H](Cc3ccccc3)C(=O)N2[C@H]1c1ccccc1. The first-order chi connectivity index (χ1) is 12.6. The Hall–Kier alpha value is -2.62. The topological polar surface area (TPSA) is 49.4 Å². The second kappa shape index (κ2) is 6.94. The molecule has 1 N–H and O–H groups in total. The summed E-state index contributed by atoms with van der Waals surface area (Å²) in [5, 5.41) is 2.96. The molecule has 26 heavy (non-hydrogen) atoms. The van der Waals surface area contributed by atoms with Crippen LogP contribution < -0.4 is 5.32 Å². The predicted molar refractivity (Wildman–Crippen MR) is 100 cm³/mol. The summed E-state index contributed by atoms with van der Waals surface area (Å²) in [6, 6.07) is 19.6. The largest absolute Gasteiger partial charge is 0.344 e. The second-order valence-electron chi connectivity index (χ2n) is 7.48. The van der Waals surface area contributed by atoms with Crippen LogP contribution in [-0.2, 0) is 16.0 Å². The number of fused-ring (bicyclic) bond motifs is 1. The van der Waals surface area contributed by atoms with E-state index in [1.54, 1.807) is 0 Å². The van der Waals surface area contributed by atoms with Crippen molar-refractivity contribution in [3.8, 4) is 0 Å². The molecule has 2 aromatic carbocycles. The number of carbonyl (C=O) groups is 2. The van der Waals surface area contributed by atoms with Crippen molar-refractivity contribution in [1.29, 1.82) is 0 Å². The van der Waals surface area contributed by atoms with Gasteiger partial charge < -0.3 is 10.2 Å². The zero-order chi connectivity index (χ0) is 18.1. The molecule has 0 spiro atoms. The van der Waals surface area contributed by atoms with Gasteiger partial charge in [-0.05, 0) is 23.5 Å². The van der Waals surface area contributed by atoms with E-state index in [1.165, 1.54) is 0 Å². The number of benzene rings is 2. The molecule has 4 atom stereocenters. The van der Waals surface area contributed by atoms with Crippen molar-refractivity contribution < 1.29 is 9.59 Å². The van der Waals surface area contributed by atoms with Gasteiger partial charge in [-0.25, -0.2) is 0 Å². The molecule has 2 aliphatic rings. The predicted octanol–water partition coefficient (Wildman–Crippen LogP) is 3.10. The number of nitrogens with zero attached hydrogens (tertiary/aromatic N) is 1. The van der Waals surface area contributed by atoms with Gasteiger partial charge >= 0.3 is 0 Å². The molecular weight excluding hydrogens is 324 g/mol.